The zero-order valence-corrected chi connectivity index (χ0v) is 13.4. The molecule has 1 nitrogen and oxygen atoms in total. The Balaban J connectivity index is 2.20. The van der Waals surface area contributed by atoms with Crippen LogP contribution in [0.15, 0.2) is 0 Å². The predicted molar refractivity (Wildman–Crippen MR) is 82.0 cm³/mol. The Morgan fingerprint density at radius 2 is 1.72 bits per heavy atom. The minimum Gasteiger partial charge on any atom is -0.313 e. The molecule has 0 unspecified atom stereocenters. The van der Waals surface area contributed by atoms with Crippen LogP contribution in [-0.2, 0) is 0 Å². The molecule has 1 heteroatoms. The van der Waals surface area contributed by atoms with E-state index in [1.54, 1.807) is 0 Å². The van der Waals surface area contributed by atoms with Gasteiger partial charge in [-0.1, -0.05) is 53.9 Å². The zero-order chi connectivity index (χ0) is 13.6. The molecule has 1 fully saturated rings. The molecule has 18 heavy (non-hydrogen) atoms. The fourth-order valence-corrected chi connectivity index (χ4v) is 2.97. The van der Waals surface area contributed by atoms with Gasteiger partial charge in [0.25, 0.3) is 0 Å². The molecule has 0 aromatic rings. The van der Waals surface area contributed by atoms with Crippen molar-refractivity contribution < 1.29 is 0 Å². The molecule has 0 bridgehead atoms. The minimum absolute atomic E-state index is 0.474. The summed E-state index contributed by atoms with van der Waals surface area (Å²) in [5.41, 5.74) is 1.07. The van der Waals surface area contributed by atoms with Gasteiger partial charge in [0.05, 0.1) is 0 Å². The van der Waals surface area contributed by atoms with E-state index in [-0.39, 0.29) is 0 Å². The lowest BCUT2D eigenvalue weighted by atomic mass is 9.75. The molecule has 0 amide bonds. The SMILES string of the molecule is CCCCCC(C)(C)CNC1CCC(C)(C)CC1. The van der Waals surface area contributed by atoms with E-state index in [0.717, 1.165) is 6.04 Å². The van der Waals surface area contributed by atoms with Crippen LogP contribution >= 0.6 is 0 Å². The maximum Gasteiger partial charge on any atom is 0.00676 e. The van der Waals surface area contributed by atoms with Crippen LogP contribution in [0.4, 0.5) is 0 Å². The van der Waals surface area contributed by atoms with Gasteiger partial charge in [-0.25, -0.2) is 0 Å². The predicted octanol–water partition coefficient (Wildman–Crippen LogP) is 5.15. The summed E-state index contributed by atoms with van der Waals surface area (Å²) in [6.07, 6.45) is 11.0. The summed E-state index contributed by atoms with van der Waals surface area (Å²) in [6, 6.07) is 0.781. The highest BCUT2D eigenvalue weighted by molar-refractivity contribution is 4.83. The molecule has 1 N–H and O–H groups in total. The third-order valence-corrected chi connectivity index (χ3v) is 4.67. The van der Waals surface area contributed by atoms with E-state index in [9.17, 15) is 0 Å². The Labute approximate surface area is 115 Å². The Morgan fingerprint density at radius 3 is 2.28 bits per heavy atom. The fraction of sp³-hybridized carbons (Fsp3) is 1.00. The molecule has 0 aromatic heterocycles. The van der Waals surface area contributed by atoms with Gasteiger partial charge in [0.2, 0.25) is 0 Å². The van der Waals surface area contributed by atoms with Crippen molar-refractivity contribution in [3.05, 3.63) is 0 Å². The van der Waals surface area contributed by atoms with Gasteiger partial charge in [-0.05, 0) is 42.9 Å². The summed E-state index contributed by atoms with van der Waals surface area (Å²) in [5, 5.41) is 3.83. The summed E-state index contributed by atoms with van der Waals surface area (Å²) in [4.78, 5) is 0. The van der Waals surface area contributed by atoms with Crippen LogP contribution in [0.2, 0.25) is 0 Å². The fourth-order valence-electron chi connectivity index (χ4n) is 2.97. The second kappa shape index (κ2) is 6.93. The largest absolute Gasteiger partial charge is 0.313 e. The van der Waals surface area contributed by atoms with E-state index in [4.69, 9.17) is 0 Å². The van der Waals surface area contributed by atoms with Gasteiger partial charge < -0.3 is 5.32 Å². The smallest absolute Gasteiger partial charge is 0.00676 e. The molecule has 0 radical (unpaired) electrons. The van der Waals surface area contributed by atoms with Gasteiger partial charge in [-0.15, -0.1) is 0 Å². The van der Waals surface area contributed by atoms with Crippen molar-refractivity contribution in [2.75, 3.05) is 6.54 Å². The first-order valence-electron chi connectivity index (χ1n) is 8.08. The summed E-state index contributed by atoms with van der Waals surface area (Å²) < 4.78 is 0. The Kier molecular flexibility index (Phi) is 6.17. The first-order chi connectivity index (χ1) is 8.35. The molecular formula is C17H35N. The number of hydrogen-bond acceptors (Lipinski definition) is 1. The highest BCUT2D eigenvalue weighted by atomic mass is 14.9. The zero-order valence-electron chi connectivity index (χ0n) is 13.4. The van der Waals surface area contributed by atoms with Gasteiger partial charge in [-0.3, -0.25) is 0 Å². The van der Waals surface area contributed by atoms with Crippen molar-refractivity contribution in [1.29, 1.82) is 0 Å². The molecule has 1 aliphatic carbocycles. The van der Waals surface area contributed by atoms with E-state index < -0.39 is 0 Å². The lowest BCUT2D eigenvalue weighted by molar-refractivity contribution is 0.190. The number of unbranched alkanes of at least 4 members (excludes halogenated alkanes) is 2. The van der Waals surface area contributed by atoms with Crippen LogP contribution in [0.5, 0.6) is 0 Å². The first kappa shape index (κ1) is 16.0. The molecular weight excluding hydrogens is 218 g/mol. The monoisotopic (exact) mass is 253 g/mol. The molecule has 0 spiro atoms. The Morgan fingerprint density at radius 1 is 1.11 bits per heavy atom. The van der Waals surface area contributed by atoms with Crippen molar-refractivity contribution in [1.82, 2.24) is 5.32 Å². The molecule has 0 aliphatic heterocycles. The average molecular weight is 253 g/mol. The van der Waals surface area contributed by atoms with Crippen molar-refractivity contribution in [2.45, 2.75) is 92.0 Å². The highest BCUT2D eigenvalue weighted by Gasteiger charge is 2.27. The third-order valence-electron chi connectivity index (χ3n) is 4.67. The number of rotatable bonds is 7. The average Bonchev–Trinajstić information content (AvgIpc) is 2.28. The normalized spacial score (nSPS) is 21.2. The highest BCUT2D eigenvalue weighted by Crippen LogP contribution is 2.35. The summed E-state index contributed by atoms with van der Waals surface area (Å²) in [7, 11) is 0. The second-order valence-electron chi connectivity index (χ2n) is 7.94. The second-order valence-corrected chi connectivity index (χ2v) is 7.94. The molecule has 1 saturated carbocycles. The van der Waals surface area contributed by atoms with Crippen LogP contribution in [0.25, 0.3) is 0 Å². The van der Waals surface area contributed by atoms with E-state index >= 15 is 0 Å². The van der Waals surface area contributed by atoms with Gasteiger partial charge in [0.15, 0.2) is 0 Å². The summed E-state index contributed by atoms with van der Waals surface area (Å²) >= 11 is 0. The van der Waals surface area contributed by atoms with Gasteiger partial charge in [0.1, 0.15) is 0 Å². The lowest BCUT2D eigenvalue weighted by Gasteiger charge is -2.36. The van der Waals surface area contributed by atoms with Crippen LogP contribution in [-0.4, -0.2) is 12.6 Å². The molecule has 108 valence electrons. The maximum atomic E-state index is 3.83. The molecule has 0 saturated heterocycles. The van der Waals surface area contributed by atoms with Gasteiger partial charge in [-0.2, -0.15) is 0 Å². The van der Waals surface area contributed by atoms with Crippen molar-refractivity contribution >= 4 is 0 Å². The van der Waals surface area contributed by atoms with E-state index in [1.165, 1.54) is 57.9 Å². The van der Waals surface area contributed by atoms with Crippen molar-refractivity contribution in [3.8, 4) is 0 Å². The van der Waals surface area contributed by atoms with Crippen molar-refractivity contribution in [3.63, 3.8) is 0 Å². The molecule has 1 rings (SSSR count). The third kappa shape index (κ3) is 6.22. The molecule has 0 heterocycles. The maximum absolute atomic E-state index is 3.83. The van der Waals surface area contributed by atoms with E-state index in [0.29, 0.717) is 10.8 Å². The number of nitrogens with one attached hydrogen (secondary N) is 1. The topological polar surface area (TPSA) is 12.0 Å². The first-order valence-corrected chi connectivity index (χ1v) is 8.08. The molecule has 1 aliphatic rings. The standard InChI is InChI=1S/C17H35N/c1-6-7-8-11-17(4,5)14-18-15-9-12-16(2,3)13-10-15/h15,18H,6-14H2,1-5H3. The van der Waals surface area contributed by atoms with Crippen LogP contribution in [0, 0.1) is 10.8 Å². The minimum atomic E-state index is 0.474. The number of hydrogen-bond donors (Lipinski definition) is 1. The molecule has 0 atom stereocenters. The van der Waals surface area contributed by atoms with E-state index in [2.05, 4.69) is 39.9 Å². The van der Waals surface area contributed by atoms with Crippen molar-refractivity contribution in [2.24, 2.45) is 10.8 Å². The van der Waals surface area contributed by atoms with E-state index in [1.807, 2.05) is 0 Å². The summed E-state index contributed by atoms with van der Waals surface area (Å²) in [6.45, 7) is 13.2. The molecule has 0 aromatic carbocycles. The summed E-state index contributed by atoms with van der Waals surface area (Å²) in [5.74, 6) is 0. The van der Waals surface area contributed by atoms with Crippen LogP contribution in [0.3, 0.4) is 0 Å². The van der Waals surface area contributed by atoms with Crippen LogP contribution in [0.1, 0.15) is 86.0 Å². The Bertz CT molecular complexity index is 220. The van der Waals surface area contributed by atoms with Gasteiger partial charge in [0, 0.05) is 12.6 Å². The Hall–Kier alpha value is -0.0400. The lowest BCUT2D eigenvalue weighted by Crippen LogP contribution is -2.40. The van der Waals surface area contributed by atoms with Gasteiger partial charge >= 0.3 is 0 Å². The van der Waals surface area contributed by atoms with Crippen LogP contribution < -0.4 is 5.32 Å². The quantitative estimate of drug-likeness (QED) is 0.619.